The molecule has 0 radical (unpaired) electrons. The first kappa shape index (κ1) is 14.2. The maximum Gasteiger partial charge on any atom is 0.345 e. The van der Waals surface area contributed by atoms with Gasteiger partial charge in [-0.1, -0.05) is 48.2 Å². The SMILES string of the molecule is COP(=O)(C#Cc1ccccc1)C#Cc1ccccc1. The Kier molecular flexibility index (Phi) is 4.80. The van der Waals surface area contributed by atoms with E-state index in [2.05, 4.69) is 23.2 Å². The molecule has 0 bridgehead atoms. The summed E-state index contributed by atoms with van der Waals surface area (Å²) in [7, 11) is -1.89. The minimum absolute atomic E-state index is 0.784. The average Bonchev–Trinajstić information content (AvgIpc) is 2.53. The second-order valence-electron chi connectivity index (χ2n) is 3.94. The highest BCUT2D eigenvalue weighted by Gasteiger charge is 2.13. The van der Waals surface area contributed by atoms with Crippen LogP contribution in [0.25, 0.3) is 0 Å². The Bertz CT molecular complexity index is 667. The van der Waals surface area contributed by atoms with Crippen molar-refractivity contribution in [1.29, 1.82) is 0 Å². The summed E-state index contributed by atoms with van der Waals surface area (Å²) in [4.78, 5) is 0. The molecule has 0 N–H and O–H groups in total. The fraction of sp³-hybridized carbons (Fsp3) is 0.0588. The maximum absolute atomic E-state index is 12.4. The number of hydrogen-bond donors (Lipinski definition) is 0. The first-order valence-electron chi connectivity index (χ1n) is 6.04. The van der Waals surface area contributed by atoms with Crippen LogP contribution in [-0.2, 0) is 9.09 Å². The van der Waals surface area contributed by atoms with Crippen LogP contribution in [0.1, 0.15) is 11.1 Å². The van der Waals surface area contributed by atoms with E-state index in [1.807, 2.05) is 60.7 Å². The molecule has 98 valence electrons. The third-order valence-corrected chi connectivity index (χ3v) is 3.83. The normalized spacial score (nSPS) is 9.85. The van der Waals surface area contributed by atoms with Gasteiger partial charge in [-0.2, -0.15) is 0 Å². The zero-order valence-electron chi connectivity index (χ0n) is 11.0. The third kappa shape index (κ3) is 4.15. The predicted octanol–water partition coefficient (Wildman–Crippen LogP) is 3.93. The highest BCUT2D eigenvalue weighted by atomic mass is 31.2. The second kappa shape index (κ2) is 6.78. The van der Waals surface area contributed by atoms with Crippen molar-refractivity contribution < 1.29 is 9.09 Å². The lowest BCUT2D eigenvalue weighted by atomic mass is 10.2. The summed E-state index contributed by atoms with van der Waals surface area (Å²) in [5.41, 5.74) is 6.85. The van der Waals surface area contributed by atoms with Crippen LogP contribution in [0.4, 0.5) is 0 Å². The molecule has 2 aromatic rings. The monoisotopic (exact) mass is 280 g/mol. The maximum atomic E-state index is 12.4. The lowest BCUT2D eigenvalue weighted by molar-refractivity contribution is 0.414. The number of benzene rings is 2. The van der Waals surface area contributed by atoms with Gasteiger partial charge < -0.3 is 4.52 Å². The van der Waals surface area contributed by atoms with Gasteiger partial charge in [0.1, 0.15) is 0 Å². The number of hydrogen-bond acceptors (Lipinski definition) is 2. The highest BCUT2D eigenvalue weighted by Crippen LogP contribution is 2.43. The largest absolute Gasteiger partial charge is 0.345 e. The van der Waals surface area contributed by atoms with Gasteiger partial charge in [0.2, 0.25) is 0 Å². The van der Waals surface area contributed by atoms with Crippen LogP contribution in [0.3, 0.4) is 0 Å². The number of rotatable bonds is 1. The molecule has 2 aromatic carbocycles. The van der Waals surface area contributed by atoms with E-state index in [1.165, 1.54) is 7.11 Å². The van der Waals surface area contributed by atoms with E-state index >= 15 is 0 Å². The van der Waals surface area contributed by atoms with Crippen molar-refractivity contribution in [2.75, 3.05) is 7.11 Å². The molecule has 0 saturated heterocycles. The first-order valence-corrected chi connectivity index (χ1v) is 7.67. The van der Waals surface area contributed by atoms with Crippen molar-refractivity contribution in [2.45, 2.75) is 0 Å². The average molecular weight is 280 g/mol. The molecule has 20 heavy (non-hydrogen) atoms. The second-order valence-corrected chi connectivity index (χ2v) is 5.86. The molecule has 0 aliphatic heterocycles. The Morgan fingerprint density at radius 1 is 0.800 bits per heavy atom. The molecule has 0 unspecified atom stereocenters. The molecule has 0 fully saturated rings. The van der Waals surface area contributed by atoms with Gasteiger partial charge in [-0.25, -0.2) is 0 Å². The summed E-state index contributed by atoms with van der Waals surface area (Å²) >= 11 is 0. The van der Waals surface area contributed by atoms with E-state index in [4.69, 9.17) is 4.52 Å². The van der Waals surface area contributed by atoms with Crippen molar-refractivity contribution in [3.05, 3.63) is 71.8 Å². The molecule has 0 spiro atoms. The summed E-state index contributed by atoms with van der Waals surface area (Å²) in [6.45, 7) is 0. The van der Waals surface area contributed by atoms with Crippen LogP contribution in [-0.4, -0.2) is 7.11 Å². The molecule has 0 heterocycles. The van der Waals surface area contributed by atoms with Gasteiger partial charge in [0, 0.05) is 29.6 Å². The molecule has 0 aliphatic rings. The summed E-state index contributed by atoms with van der Waals surface area (Å²) in [5.74, 6) is 5.66. The minimum atomic E-state index is -3.25. The molecule has 2 rings (SSSR count). The molecular weight excluding hydrogens is 267 g/mol. The van der Waals surface area contributed by atoms with E-state index in [0.29, 0.717) is 0 Å². The van der Waals surface area contributed by atoms with Gasteiger partial charge in [-0.3, -0.25) is 4.57 Å². The fourth-order valence-corrected chi connectivity index (χ4v) is 2.23. The first-order chi connectivity index (χ1) is 9.72. The van der Waals surface area contributed by atoms with Gasteiger partial charge in [0.25, 0.3) is 0 Å². The van der Waals surface area contributed by atoms with Gasteiger partial charge >= 0.3 is 7.37 Å². The standard InChI is InChI=1S/C17H13O2P/c1-19-20(18,14-12-16-8-4-2-5-9-16)15-13-17-10-6-3-7-11-17/h2-11H,1H3. The minimum Gasteiger partial charge on any atom is -0.314 e. The van der Waals surface area contributed by atoms with Crippen molar-refractivity contribution in [1.82, 2.24) is 0 Å². The van der Waals surface area contributed by atoms with E-state index in [9.17, 15) is 4.57 Å². The molecular formula is C17H13O2P. The van der Waals surface area contributed by atoms with Gasteiger partial charge in [0.05, 0.1) is 0 Å². The van der Waals surface area contributed by atoms with Crippen LogP contribution in [0.15, 0.2) is 60.7 Å². The Morgan fingerprint density at radius 2 is 1.20 bits per heavy atom. The van der Waals surface area contributed by atoms with Crippen LogP contribution in [0, 0.1) is 23.2 Å². The van der Waals surface area contributed by atoms with Crippen LogP contribution < -0.4 is 0 Å². The molecule has 0 aliphatic carbocycles. The quantitative estimate of drug-likeness (QED) is 0.584. The summed E-state index contributed by atoms with van der Waals surface area (Å²) in [6, 6.07) is 18.7. The van der Waals surface area contributed by atoms with Gasteiger partial charge in [0.15, 0.2) is 0 Å². The van der Waals surface area contributed by atoms with Crippen LogP contribution in [0.5, 0.6) is 0 Å². The van der Waals surface area contributed by atoms with Crippen molar-refractivity contribution in [2.24, 2.45) is 0 Å². The van der Waals surface area contributed by atoms with Gasteiger partial charge in [-0.05, 0) is 24.3 Å². The topological polar surface area (TPSA) is 26.3 Å². The molecule has 0 amide bonds. The lowest BCUT2D eigenvalue weighted by Crippen LogP contribution is -1.79. The van der Waals surface area contributed by atoms with E-state index in [0.717, 1.165) is 11.1 Å². The van der Waals surface area contributed by atoms with E-state index in [1.54, 1.807) is 0 Å². The zero-order chi connectivity index (χ0) is 14.3. The van der Waals surface area contributed by atoms with E-state index in [-0.39, 0.29) is 0 Å². The molecule has 0 atom stereocenters. The molecule has 3 heteroatoms. The molecule has 0 aromatic heterocycles. The van der Waals surface area contributed by atoms with Crippen LogP contribution >= 0.6 is 7.37 Å². The lowest BCUT2D eigenvalue weighted by Gasteiger charge is -1.99. The van der Waals surface area contributed by atoms with Crippen molar-refractivity contribution >= 4 is 7.37 Å². The molecule has 0 saturated carbocycles. The zero-order valence-corrected chi connectivity index (χ0v) is 11.9. The van der Waals surface area contributed by atoms with Crippen molar-refractivity contribution in [3.8, 4) is 23.2 Å². The Labute approximate surface area is 119 Å². The summed E-state index contributed by atoms with van der Waals surface area (Å²) in [5, 5.41) is 0. The fourth-order valence-electron chi connectivity index (χ4n) is 1.44. The Morgan fingerprint density at radius 3 is 1.55 bits per heavy atom. The van der Waals surface area contributed by atoms with Crippen LogP contribution in [0.2, 0.25) is 0 Å². The summed E-state index contributed by atoms with van der Waals surface area (Å²) < 4.78 is 17.3. The van der Waals surface area contributed by atoms with E-state index < -0.39 is 7.37 Å². The smallest absolute Gasteiger partial charge is 0.314 e. The summed E-state index contributed by atoms with van der Waals surface area (Å²) in [6.07, 6.45) is 0. The van der Waals surface area contributed by atoms with Crippen molar-refractivity contribution in [3.63, 3.8) is 0 Å². The Balaban J connectivity index is 2.26. The molecule has 2 nitrogen and oxygen atoms in total. The third-order valence-electron chi connectivity index (χ3n) is 2.50. The van der Waals surface area contributed by atoms with Gasteiger partial charge in [-0.15, -0.1) is 0 Å². The predicted molar refractivity (Wildman–Crippen MR) is 81.3 cm³/mol. The Hall–Kier alpha value is -2.25. The highest BCUT2D eigenvalue weighted by molar-refractivity contribution is 7.69.